The molecular formula is C22H19F6N5O. The summed E-state index contributed by atoms with van der Waals surface area (Å²) in [4.78, 5) is 18.7. The van der Waals surface area contributed by atoms with E-state index in [0.29, 0.717) is 30.8 Å². The molecule has 34 heavy (non-hydrogen) atoms. The lowest BCUT2D eigenvalue weighted by molar-refractivity contribution is -0.143. The van der Waals surface area contributed by atoms with Crippen LogP contribution in [0.25, 0.3) is 11.3 Å². The van der Waals surface area contributed by atoms with E-state index in [0.717, 1.165) is 23.9 Å². The standard InChI is InChI=1S/C22H19F6N5O/c23-21(24,25)16-10-14(11-17(12-16)22(26,27)28)13-33-19(15-4-6-29-7-5-15)18(30-31-33)20(34)32-8-2-1-3-9-32/h4-7,10-12H,1-3,8-9,13H2. The molecule has 0 aliphatic carbocycles. The molecule has 12 heteroatoms. The van der Waals surface area contributed by atoms with E-state index in [-0.39, 0.29) is 23.0 Å². The molecule has 0 spiro atoms. The Morgan fingerprint density at radius 3 is 2.03 bits per heavy atom. The van der Waals surface area contributed by atoms with E-state index in [1.165, 1.54) is 12.4 Å². The summed E-state index contributed by atoms with van der Waals surface area (Å²) < 4.78 is 80.8. The van der Waals surface area contributed by atoms with Gasteiger partial charge in [0.15, 0.2) is 5.69 Å². The number of aromatic nitrogens is 4. The number of carbonyl (C=O) groups excluding carboxylic acids is 1. The van der Waals surface area contributed by atoms with Crippen LogP contribution in [0.2, 0.25) is 0 Å². The van der Waals surface area contributed by atoms with Gasteiger partial charge in [-0.1, -0.05) is 5.21 Å². The van der Waals surface area contributed by atoms with Gasteiger partial charge in [-0.15, -0.1) is 5.10 Å². The van der Waals surface area contributed by atoms with E-state index in [1.807, 2.05) is 0 Å². The normalized spacial score (nSPS) is 14.9. The number of likely N-dealkylation sites (tertiary alicyclic amines) is 1. The van der Waals surface area contributed by atoms with E-state index >= 15 is 0 Å². The molecule has 0 N–H and O–H groups in total. The fourth-order valence-corrected chi connectivity index (χ4v) is 3.89. The molecule has 0 unspecified atom stereocenters. The Morgan fingerprint density at radius 2 is 1.47 bits per heavy atom. The fourth-order valence-electron chi connectivity index (χ4n) is 3.89. The average molecular weight is 483 g/mol. The van der Waals surface area contributed by atoms with Crippen molar-refractivity contribution in [2.75, 3.05) is 13.1 Å². The molecule has 0 atom stereocenters. The predicted octanol–water partition coefficient (Wildman–Crippen LogP) is 5.05. The second-order valence-electron chi connectivity index (χ2n) is 7.95. The minimum Gasteiger partial charge on any atom is -0.337 e. The molecule has 6 nitrogen and oxygen atoms in total. The summed E-state index contributed by atoms with van der Waals surface area (Å²) in [5.74, 6) is -0.391. The van der Waals surface area contributed by atoms with Gasteiger partial charge in [-0.25, -0.2) is 4.68 Å². The molecule has 1 aromatic carbocycles. The monoisotopic (exact) mass is 483 g/mol. The van der Waals surface area contributed by atoms with Crippen LogP contribution >= 0.6 is 0 Å². The quantitative estimate of drug-likeness (QED) is 0.487. The zero-order valence-electron chi connectivity index (χ0n) is 17.7. The van der Waals surface area contributed by atoms with Gasteiger partial charge in [0, 0.05) is 31.0 Å². The Bertz CT molecular complexity index is 1130. The second-order valence-corrected chi connectivity index (χ2v) is 7.95. The first-order valence-corrected chi connectivity index (χ1v) is 10.5. The molecule has 0 saturated carbocycles. The highest BCUT2D eigenvalue weighted by atomic mass is 19.4. The molecule has 0 bridgehead atoms. The average Bonchev–Trinajstić information content (AvgIpc) is 3.21. The topological polar surface area (TPSA) is 63.9 Å². The Labute approximate surface area is 190 Å². The van der Waals surface area contributed by atoms with Crippen molar-refractivity contribution in [3.8, 4) is 11.3 Å². The molecule has 4 rings (SSSR count). The van der Waals surface area contributed by atoms with Gasteiger partial charge in [-0.05, 0) is 55.2 Å². The van der Waals surface area contributed by atoms with Crippen molar-refractivity contribution in [1.29, 1.82) is 0 Å². The van der Waals surface area contributed by atoms with E-state index in [1.54, 1.807) is 17.0 Å². The lowest BCUT2D eigenvalue weighted by atomic mass is 10.0. The first-order chi connectivity index (χ1) is 16.0. The molecule has 1 aliphatic rings. The number of amides is 1. The maximum Gasteiger partial charge on any atom is 0.416 e. The number of hydrogen-bond acceptors (Lipinski definition) is 4. The van der Waals surface area contributed by atoms with Crippen LogP contribution in [0.3, 0.4) is 0 Å². The number of alkyl halides is 6. The van der Waals surface area contributed by atoms with Gasteiger partial charge in [-0.3, -0.25) is 9.78 Å². The zero-order valence-corrected chi connectivity index (χ0v) is 17.7. The molecule has 1 fully saturated rings. The summed E-state index contributed by atoms with van der Waals surface area (Å²) in [5.41, 5.74) is -2.48. The van der Waals surface area contributed by atoms with Crippen LogP contribution < -0.4 is 0 Å². The van der Waals surface area contributed by atoms with Crippen LogP contribution in [-0.4, -0.2) is 43.9 Å². The van der Waals surface area contributed by atoms with Crippen LogP contribution in [0.5, 0.6) is 0 Å². The molecule has 1 saturated heterocycles. The van der Waals surface area contributed by atoms with Gasteiger partial charge in [-0.2, -0.15) is 26.3 Å². The van der Waals surface area contributed by atoms with E-state index in [2.05, 4.69) is 15.3 Å². The molecule has 1 aliphatic heterocycles. The van der Waals surface area contributed by atoms with Crippen LogP contribution in [0.15, 0.2) is 42.7 Å². The second kappa shape index (κ2) is 9.07. The smallest absolute Gasteiger partial charge is 0.337 e. The number of piperidine rings is 1. The summed E-state index contributed by atoms with van der Waals surface area (Å²) in [6.45, 7) is 0.610. The lowest BCUT2D eigenvalue weighted by Crippen LogP contribution is -2.36. The number of nitrogens with zero attached hydrogens (tertiary/aromatic N) is 5. The van der Waals surface area contributed by atoms with Gasteiger partial charge >= 0.3 is 12.4 Å². The van der Waals surface area contributed by atoms with Crippen molar-refractivity contribution in [2.24, 2.45) is 0 Å². The molecule has 180 valence electrons. The molecular weight excluding hydrogens is 464 g/mol. The zero-order chi connectivity index (χ0) is 24.5. The maximum atomic E-state index is 13.3. The lowest BCUT2D eigenvalue weighted by Gasteiger charge is -2.26. The van der Waals surface area contributed by atoms with Crippen LogP contribution in [0.4, 0.5) is 26.3 Å². The van der Waals surface area contributed by atoms with Crippen molar-refractivity contribution in [1.82, 2.24) is 24.9 Å². The summed E-state index contributed by atoms with van der Waals surface area (Å²) in [7, 11) is 0. The third-order valence-electron chi connectivity index (χ3n) is 5.51. The van der Waals surface area contributed by atoms with E-state index in [9.17, 15) is 31.1 Å². The van der Waals surface area contributed by atoms with E-state index in [4.69, 9.17) is 0 Å². The highest BCUT2D eigenvalue weighted by Crippen LogP contribution is 2.37. The third-order valence-corrected chi connectivity index (χ3v) is 5.51. The van der Waals surface area contributed by atoms with Crippen molar-refractivity contribution in [3.05, 3.63) is 65.1 Å². The Kier molecular flexibility index (Phi) is 6.32. The molecule has 2 aromatic heterocycles. The third kappa shape index (κ3) is 5.05. The molecule has 1 amide bonds. The van der Waals surface area contributed by atoms with Crippen LogP contribution in [0.1, 0.15) is 46.4 Å². The molecule has 3 aromatic rings. The Morgan fingerprint density at radius 1 is 0.882 bits per heavy atom. The fraction of sp³-hybridized carbons (Fsp3) is 0.364. The summed E-state index contributed by atoms with van der Waals surface area (Å²) >= 11 is 0. The van der Waals surface area contributed by atoms with Gasteiger partial charge in [0.1, 0.15) is 5.69 Å². The molecule has 0 radical (unpaired) electrons. The van der Waals surface area contributed by atoms with Gasteiger partial charge < -0.3 is 4.90 Å². The number of pyridine rings is 1. The SMILES string of the molecule is O=C(c1nnn(Cc2cc(C(F)(F)F)cc(C(F)(F)F)c2)c1-c1ccncc1)N1CCCCC1. The largest absolute Gasteiger partial charge is 0.416 e. The number of rotatable bonds is 4. The summed E-state index contributed by atoms with van der Waals surface area (Å²) in [6, 6.07) is 4.48. The van der Waals surface area contributed by atoms with Crippen LogP contribution in [-0.2, 0) is 18.9 Å². The molecule has 3 heterocycles. The Balaban J connectivity index is 1.78. The first-order valence-electron chi connectivity index (χ1n) is 10.5. The van der Waals surface area contributed by atoms with Crippen molar-refractivity contribution >= 4 is 5.91 Å². The minimum absolute atomic E-state index is 0.0175. The van der Waals surface area contributed by atoms with Crippen molar-refractivity contribution < 1.29 is 31.1 Å². The number of carbonyl (C=O) groups is 1. The van der Waals surface area contributed by atoms with Gasteiger partial charge in [0.05, 0.1) is 17.7 Å². The van der Waals surface area contributed by atoms with Gasteiger partial charge in [0.2, 0.25) is 0 Å². The van der Waals surface area contributed by atoms with Crippen molar-refractivity contribution in [3.63, 3.8) is 0 Å². The summed E-state index contributed by atoms with van der Waals surface area (Å²) in [6.07, 6.45) is -4.39. The highest BCUT2D eigenvalue weighted by Gasteiger charge is 2.37. The van der Waals surface area contributed by atoms with Crippen LogP contribution in [0, 0.1) is 0 Å². The van der Waals surface area contributed by atoms with Gasteiger partial charge in [0.25, 0.3) is 5.91 Å². The maximum absolute atomic E-state index is 13.3. The van der Waals surface area contributed by atoms with E-state index < -0.39 is 35.9 Å². The number of benzene rings is 1. The van der Waals surface area contributed by atoms with Crippen molar-refractivity contribution in [2.45, 2.75) is 38.2 Å². The Hall–Kier alpha value is -3.44. The highest BCUT2D eigenvalue weighted by molar-refractivity contribution is 5.98. The minimum atomic E-state index is -4.97. The predicted molar refractivity (Wildman–Crippen MR) is 109 cm³/mol. The number of hydrogen-bond donors (Lipinski definition) is 0. The first kappa shape index (κ1) is 23.7. The summed E-state index contributed by atoms with van der Waals surface area (Å²) in [5, 5.41) is 7.89. The number of halogens is 6.